The average Bonchev–Trinajstić information content (AvgIpc) is 2.95. The molecule has 0 saturated heterocycles. The first-order valence-electron chi connectivity index (χ1n) is 7.86. The first kappa shape index (κ1) is 16.6. The number of carbonyl (C=O) groups excluding carboxylic acids is 2. The van der Waals surface area contributed by atoms with E-state index >= 15 is 0 Å². The van der Waals surface area contributed by atoms with Crippen molar-refractivity contribution in [1.29, 1.82) is 0 Å². The summed E-state index contributed by atoms with van der Waals surface area (Å²) in [6.07, 6.45) is 4.60. The molecule has 7 nitrogen and oxygen atoms in total. The number of nitrogens with one attached hydrogen (secondary N) is 1. The average molecular weight is 338 g/mol. The maximum Gasteiger partial charge on any atom is 0.343 e. The topological polar surface area (TPSA) is 86.1 Å². The molecular weight excluding hydrogens is 320 g/mol. The van der Waals surface area contributed by atoms with Crippen LogP contribution in [0.5, 0.6) is 0 Å². The molecule has 0 fully saturated rings. The fourth-order valence-electron chi connectivity index (χ4n) is 2.60. The van der Waals surface area contributed by atoms with Crippen LogP contribution < -0.4 is 5.32 Å². The number of nitrogens with zero attached hydrogens (tertiary/aromatic N) is 3. The number of fused-ring (bicyclic) bond motifs is 1. The predicted molar refractivity (Wildman–Crippen MR) is 93.6 cm³/mol. The van der Waals surface area contributed by atoms with E-state index in [2.05, 4.69) is 15.4 Å². The van der Waals surface area contributed by atoms with Crippen molar-refractivity contribution in [3.8, 4) is 0 Å². The van der Waals surface area contributed by atoms with Crippen molar-refractivity contribution >= 4 is 28.5 Å². The zero-order chi connectivity index (χ0) is 18.0. The van der Waals surface area contributed by atoms with Gasteiger partial charge in [-0.25, -0.2) is 4.79 Å². The van der Waals surface area contributed by atoms with Gasteiger partial charge in [0.25, 0.3) is 5.91 Å². The molecule has 0 saturated carbocycles. The minimum atomic E-state index is -0.530. The number of anilines is 1. The maximum atomic E-state index is 12.8. The molecule has 0 aliphatic heterocycles. The highest BCUT2D eigenvalue weighted by Crippen LogP contribution is 2.21. The number of ether oxygens (including phenoxy) is 1. The molecule has 0 spiro atoms. The summed E-state index contributed by atoms with van der Waals surface area (Å²) in [4.78, 5) is 28.9. The summed E-state index contributed by atoms with van der Waals surface area (Å²) in [6, 6.07) is 5.79. The third-order valence-corrected chi connectivity index (χ3v) is 3.83. The van der Waals surface area contributed by atoms with Gasteiger partial charge in [-0.3, -0.25) is 14.5 Å². The summed E-state index contributed by atoms with van der Waals surface area (Å²) in [6.45, 7) is 3.94. The zero-order valence-corrected chi connectivity index (χ0v) is 14.2. The number of aromatic nitrogens is 3. The lowest BCUT2D eigenvalue weighted by atomic mass is 10.1. The lowest BCUT2D eigenvalue weighted by Gasteiger charge is -2.10. The molecule has 7 heteroatoms. The van der Waals surface area contributed by atoms with Gasteiger partial charge in [0.2, 0.25) is 0 Å². The summed E-state index contributed by atoms with van der Waals surface area (Å²) < 4.78 is 6.42. The Balaban J connectivity index is 1.96. The zero-order valence-electron chi connectivity index (χ0n) is 14.2. The third kappa shape index (κ3) is 3.21. The second-order valence-electron chi connectivity index (χ2n) is 5.62. The summed E-state index contributed by atoms with van der Waals surface area (Å²) in [7, 11) is 1.64. The van der Waals surface area contributed by atoms with Crippen LogP contribution in [0.2, 0.25) is 0 Å². The Morgan fingerprint density at radius 3 is 2.76 bits per heavy atom. The molecule has 0 radical (unpaired) electrons. The molecule has 0 aliphatic carbocycles. The van der Waals surface area contributed by atoms with Crippen LogP contribution in [0.4, 0.5) is 5.82 Å². The molecule has 128 valence electrons. The molecule has 2 heterocycles. The van der Waals surface area contributed by atoms with Crippen LogP contribution in [0, 0.1) is 6.92 Å². The molecule has 1 N–H and O–H groups in total. The lowest BCUT2D eigenvalue weighted by molar-refractivity contribution is 0.0527. The van der Waals surface area contributed by atoms with Crippen molar-refractivity contribution in [3.63, 3.8) is 0 Å². The summed E-state index contributed by atoms with van der Waals surface area (Å²) in [5, 5.41) is 8.44. The van der Waals surface area contributed by atoms with Crippen LogP contribution in [0.25, 0.3) is 10.8 Å². The van der Waals surface area contributed by atoms with Crippen LogP contribution in [0.15, 0.2) is 36.8 Å². The Labute approximate surface area is 144 Å². The number of amides is 1. The molecule has 0 aliphatic rings. The van der Waals surface area contributed by atoms with E-state index in [0.29, 0.717) is 5.56 Å². The van der Waals surface area contributed by atoms with E-state index in [9.17, 15) is 9.59 Å². The first-order chi connectivity index (χ1) is 12.0. The SMILES string of the molecule is CCOC(=O)c1cnn(C)c1NC(=O)c1cncc2cc(C)ccc12. The fourth-order valence-corrected chi connectivity index (χ4v) is 2.60. The van der Waals surface area contributed by atoms with Gasteiger partial charge in [-0.05, 0) is 25.3 Å². The predicted octanol–water partition coefficient (Wildman–Crippen LogP) is 2.71. The molecule has 25 heavy (non-hydrogen) atoms. The minimum Gasteiger partial charge on any atom is -0.462 e. The van der Waals surface area contributed by atoms with Gasteiger partial charge in [-0.15, -0.1) is 0 Å². The minimum absolute atomic E-state index is 0.210. The summed E-state index contributed by atoms with van der Waals surface area (Å²) in [5.41, 5.74) is 1.72. The number of benzene rings is 1. The van der Waals surface area contributed by atoms with Gasteiger partial charge in [0.05, 0.1) is 18.4 Å². The van der Waals surface area contributed by atoms with E-state index in [1.165, 1.54) is 17.1 Å². The van der Waals surface area contributed by atoms with Crippen LogP contribution in [0.1, 0.15) is 33.2 Å². The summed E-state index contributed by atoms with van der Waals surface area (Å²) >= 11 is 0. The molecule has 3 rings (SSSR count). The van der Waals surface area contributed by atoms with Gasteiger partial charge < -0.3 is 10.1 Å². The monoisotopic (exact) mass is 338 g/mol. The standard InChI is InChI=1S/C18H18N4O3/c1-4-25-18(24)15-10-20-22(3)16(15)21-17(23)14-9-19-8-12-7-11(2)5-6-13(12)14/h5-10H,4H2,1-3H3,(H,21,23). The number of pyridine rings is 1. The van der Waals surface area contributed by atoms with E-state index < -0.39 is 5.97 Å². The van der Waals surface area contributed by atoms with Crippen LogP contribution in [0.3, 0.4) is 0 Å². The number of hydrogen-bond donors (Lipinski definition) is 1. The number of aryl methyl sites for hydroxylation is 2. The Morgan fingerprint density at radius 1 is 1.20 bits per heavy atom. The summed E-state index contributed by atoms with van der Waals surface area (Å²) in [5.74, 6) is -0.610. The molecule has 0 bridgehead atoms. The Hall–Kier alpha value is -3.22. The Kier molecular flexibility index (Phi) is 4.47. The Bertz CT molecular complexity index is 962. The van der Waals surface area contributed by atoms with Crippen molar-refractivity contribution in [3.05, 3.63) is 53.5 Å². The van der Waals surface area contributed by atoms with Gasteiger partial charge in [-0.2, -0.15) is 5.10 Å². The molecule has 1 aromatic carbocycles. The first-order valence-corrected chi connectivity index (χ1v) is 7.86. The van der Waals surface area contributed by atoms with Crippen molar-refractivity contribution in [2.24, 2.45) is 7.05 Å². The van der Waals surface area contributed by atoms with Gasteiger partial charge in [0.1, 0.15) is 11.4 Å². The highest BCUT2D eigenvalue weighted by atomic mass is 16.5. The second kappa shape index (κ2) is 6.72. The quantitative estimate of drug-likeness (QED) is 0.739. The molecule has 1 amide bonds. The largest absolute Gasteiger partial charge is 0.462 e. The van der Waals surface area contributed by atoms with Gasteiger partial charge >= 0.3 is 5.97 Å². The molecule has 0 atom stereocenters. The second-order valence-corrected chi connectivity index (χ2v) is 5.62. The van der Waals surface area contributed by atoms with E-state index in [0.717, 1.165) is 16.3 Å². The smallest absolute Gasteiger partial charge is 0.343 e. The number of hydrogen-bond acceptors (Lipinski definition) is 5. The van der Waals surface area contributed by atoms with Crippen LogP contribution >= 0.6 is 0 Å². The molecular formula is C18H18N4O3. The van der Waals surface area contributed by atoms with E-state index in [-0.39, 0.29) is 23.9 Å². The van der Waals surface area contributed by atoms with E-state index in [1.807, 2.05) is 25.1 Å². The highest BCUT2D eigenvalue weighted by molar-refractivity contribution is 6.13. The number of carbonyl (C=O) groups is 2. The van der Waals surface area contributed by atoms with Gasteiger partial charge in [0.15, 0.2) is 0 Å². The fraction of sp³-hybridized carbons (Fsp3) is 0.222. The van der Waals surface area contributed by atoms with Crippen LogP contribution in [-0.2, 0) is 11.8 Å². The van der Waals surface area contributed by atoms with Crippen molar-refractivity contribution in [1.82, 2.24) is 14.8 Å². The lowest BCUT2D eigenvalue weighted by Crippen LogP contribution is -2.18. The van der Waals surface area contributed by atoms with Gasteiger partial charge in [-0.1, -0.05) is 17.7 Å². The van der Waals surface area contributed by atoms with Crippen molar-refractivity contribution in [2.45, 2.75) is 13.8 Å². The number of rotatable bonds is 4. The molecule has 3 aromatic rings. The number of esters is 1. The van der Waals surface area contributed by atoms with Gasteiger partial charge in [0, 0.05) is 24.8 Å². The van der Waals surface area contributed by atoms with E-state index in [4.69, 9.17) is 4.74 Å². The highest BCUT2D eigenvalue weighted by Gasteiger charge is 2.20. The normalized spacial score (nSPS) is 10.7. The third-order valence-electron chi connectivity index (χ3n) is 3.83. The van der Waals surface area contributed by atoms with Crippen molar-refractivity contribution in [2.75, 3.05) is 11.9 Å². The molecule has 2 aromatic heterocycles. The Morgan fingerprint density at radius 2 is 2.00 bits per heavy atom. The van der Waals surface area contributed by atoms with E-state index in [1.54, 1.807) is 20.2 Å². The maximum absolute atomic E-state index is 12.8. The van der Waals surface area contributed by atoms with Crippen LogP contribution in [-0.4, -0.2) is 33.2 Å². The van der Waals surface area contributed by atoms with Crippen molar-refractivity contribution < 1.29 is 14.3 Å². The molecule has 0 unspecified atom stereocenters.